The summed E-state index contributed by atoms with van der Waals surface area (Å²) in [5, 5.41) is 11.9. The molecular formula is C28H39F2N7O2Si. The van der Waals surface area contributed by atoms with Gasteiger partial charge < -0.3 is 19.9 Å². The molecule has 2 aliphatic rings. The van der Waals surface area contributed by atoms with Gasteiger partial charge in [0, 0.05) is 76.9 Å². The first-order chi connectivity index (χ1) is 19.1. The number of fused-ring (bicyclic) bond motifs is 2. The van der Waals surface area contributed by atoms with Crippen LogP contribution in [0.15, 0.2) is 24.5 Å². The zero-order chi connectivity index (χ0) is 28.6. The highest BCUT2D eigenvalue weighted by Crippen LogP contribution is 2.42. The van der Waals surface area contributed by atoms with E-state index in [4.69, 9.17) is 9.84 Å². The van der Waals surface area contributed by atoms with Crippen LogP contribution in [0.25, 0.3) is 11.1 Å². The van der Waals surface area contributed by atoms with Crippen LogP contribution in [0, 0.1) is 0 Å². The highest BCUT2D eigenvalue weighted by Gasteiger charge is 2.33. The molecule has 0 fully saturated rings. The number of carbonyl (C=O) groups excluding carboxylic acids is 1. The second-order valence-electron chi connectivity index (χ2n) is 11.8. The van der Waals surface area contributed by atoms with E-state index in [1.165, 1.54) is 0 Å². The molecule has 1 N–H and O–H groups in total. The molecule has 216 valence electrons. The molecule has 12 heteroatoms. The van der Waals surface area contributed by atoms with Gasteiger partial charge in [0.1, 0.15) is 6.73 Å². The minimum Gasteiger partial charge on any atom is -0.360 e. The number of benzene rings is 1. The Kier molecular flexibility index (Phi) is 8.00. The molecule has 0 saturated heterocycles. The topological polar surface area (TPSA) is 80.5 Å². The van der Waals surface area contributed by atoms with Crippen LogP contribution in [0.2, 0.25) is 25.7 Å². The van der Waals surface area contributed by atoms with Crippen molar-refractivity contribution in [1.29, 1.82) is 0 Å². The molecule has 1 aromatic carbocycles. The summed E-state index contributed by atoms with van der Waals surface area (Å²) < 4.78 is 38.4. The van der Waals surface area contributed by atoms with Crippen molar-refractivity contribution in [1.82, 2.24) is 29.8 Å². The maximum Gasteiger partial charge on any atom is 0.317 e. The van der Waals surface area contributed by atoms with E-state index in [1.807, 2.05) is 10.7 Å². The molecule has 2 aliphatic heterocycles. The van der Waals surface area contributed by atoms with Gasteiger partial charge in [-0.25, -0.2) is 18.3 Å². The van der Waals surface area contributed by atoms with Gasteiger partial charge in [0.25, 0.3) is 6.43 Å². The Morgan fingerprint density at radius 2 is 2.00 bits per heavy atom. The van der Waals surface area contributed by atoms with Crippen molar-refractivity contribution >= 4 is 25.6 Å². The van der Waals surface area contributed by atoms with Crippen LogP contribution in [-0.4, -0.2) is 65.3 Å². The second kappa shape index (κ2) is 11.3. The van der Waals surface area contributed by atoms with E-state index >= 15 is 0 Å². The Labute approximate surface area is 235 Å². The molecule has 5 rings (SSSR count). The fraction of sp³-hybridized carbons (Fsp3) is 0.536. The van der Waals surface area contributed by atoms with Crippen molar-refractivity contribution in [3.8, 4) is 11.1 Å². The van der Waals surface area contributed by atoms with E-state index in [-0.39, 0.29) is 11.6 Å². The third kappa shape index (κ3) is 5.78. The highest BCUT2D eigenvalue weighted by atomic mass is 28.3. The fourth-order valence-corrected chi connectivity index (χ4v) is 6.27. The first-order valence-corrected chi connectivity index (χ1v) is 17.6. The Balaban J connectivity index is 1.54. The first-order valence-electron chi connectivity index (χ1n) is 13.9. The lowest BCUT2D eigenvalue weighted by atomic mass is 9.92. The monoisotopic (exact) mass is 571 g/mol. The Morgan fingerprint density at radius 1 is 1.20 bits per heavy atom. The predicted molar refractivity (Wildman–Crippen MR) is 154 cm³/mol. The molecule has 2 aromatic heterocycles. The number of anilines is 2. The number of alkyl halides is 2. The Hall–Kier alpha value is -3.25. The van der Waals surface area contributed by atoms with Crippen LogP contribution >= 0.6 is 0 Å². The summed E-state index contributed by atoms with van der Waals surface area (Å²) in [7, 11) is 2.17. The summed E-state index contributed by atoms with van der Waals surface area (Å²) in [5.41, 5.74) is 4.91. The zero-order valence-corrected chi connectivity index (χ0v) is 25.0. The molecule has 0 bridgehead atoms. The standard InChI is InChI=1S/C28H39F2N7O2Si/c1-31-28(38)35-10-8-24-23(17-35)27(33-37(24)18-39-11-12-40(3,4)5)36-9-6-7-19-13-21(20-15-32-34(2)16-20)22(26(29)30)14-25(19)36/h13-16,26H,6-12,17-18H2,1-5H3,(H,31,38). The number of aromatic nitrogens is 4. The van der Waals surface area contributed by atoms with Crippen molar-refractivity contribution in [2.24, 2.45) is 7.05 Å². The van der Waals surface area contributed by atoms with E-state index in [9.17, 15) is 13.6 Å². The number of nitrogens with zero attached hydrogens (tertiary/aromatic N) is 6. The van der Waals surface area contributed by atoms with Crippen LogP contribution < -0.4 is 10.2 Å². The van der Waals surface area contributed by atoms with E-state index in [1.54, 1.807) is 42.1 Å². The number of halogens is 2. The number of urea groups is 1. The van der Waals surface area contributed by atoms with Gasteiger partial charge in [-0.1, -0.05) is 19.6 Å². The van der Waals surface area contributed by atoms with Crippen molar-refractivity contribution in [2.75, 3.05) is 31.6 Å². The van der Waals surface area contributed by atoms with Crippen molar-refractivity contribution in [2.45, 2.75) is 64.6 Å². The lowest BCUT2D eigenvalue weighted by Gasteiger charge is -2.33. The number of nitrogens with one attached hydrogen (secondary N) is 1. The van der Waals surface area contributed by atoms with Gasteiger partial charge in [-0.2, -0.15) is 10.2 Å². The van der Waals surface area contributed by atoms with Gasteiger partial charge in [0.05, 0.1) is 18.4 Å². The van der Waals surface area contributed by atoms with Gasteiger partial charge in [-0.3, -0.25) is 4.68 Å². The average molecular weight is 572 g/mol. The molecule has 0 unspecified atom stereocenters. The summed E-state index contributed by atoms with van der Waals surface area (Å²) >= 11 is 0. The lowest BCUT2D eigenvalue weighted by molar-refractivity contribution is 0.0757. The minimum atomic E-state index is -2.64. The van der Waals surface area contributed by atoms with Crippen LogP contribution in [0.1, 0.15) is 35.2 Å². The number of hydrogen-bond acceptors (Lipinski definition) is 5. The maximum absolute atomic E-state index is 14.4. The third-order valence-electron chi connectivity index (χ3n) is 7.70. The predicted octanol–water partition coefficient (Wildman–Crippen LogP) is 5.32. The maximum atomic E-state index is 14.4. The molecule has 0 saturated carbocycles. The Bertz CT molecular complexity index is 1380. The van der Waals surface area contributed by atoms with E-state index < -0.39 is 14.5 Å². The average Bonchev–Trinajstić information content (AvgIpc) is 3.52. The third-order valence-corrected chi connectivity index (χ3v) is 9.40. The fourth-order valence-electron chi connectivity index (χ4n) is 5.52. The molecular weight excluding hydrogens is 532 g/mol. The smallest absolute Gasteiger partial charge is 0.317 e. The molecule has 40 heavy (non-hydrogen) atoms. The summed E-state index contributed by atoms with van der Waals surface area (Å²) in [6.07, 6.45) is 3.05. The van der Waals surface area contributed by atoms with Crippen molar-refractivity contribution < 1.29 is 18.3 Å². The van der Waals surface area contributed by atoms with Gasteiger partial charge in [-0.05, 0) is 42.1 Å². The number of hydrogen-bond donors (Lipinski definition) is 1. The number of aryl methyl sites for hydroxylation is 2. The lowest BCUT2D eigenvalue weighted by Crippen LogP contribution is -2.41. The number of carbonyl (C=O) groups is 1. The van der Waals surface area contributed by atoms with E-state index in [0.717, 1.165) is 41.4 Å². The minimum absolute atomic E-state index is 0.0198. The van der Waals surface area contributed by atoms with E-state index in [2.05, 4.69) is 35.0 Å². The zero-order valence-electron chi connectivity index (χ0n) is 24.0. The summed E-state index contributed by atoms with van der Waals surface area (Å²) in [6, 6.07) is 4.43. The summed E-state index contributed by atoms with van der Waals surface area (Å²) in [6.45, 7) is 9.59. The van der Waals surface area contributed by atoms with Crippen molar-refractivity contribution in [3.63, 3.8) is 0 Å². The second-order valence-corrected chi connectivity index (χ2v) is 17.5. The molecule has 0 aliphatic carbocycles. The SMILES string of the molecule is CNC(=O)N1CCc2c(c(N3CCCc4cc(-c5cnn(C)c5)c(C(F)F)cc43)nn2COCC[Si](C)(C)C)C1. The van der Waals surface area contributed by atoms with Crippen LogP contribution in [-0.2, 0) is 37.9 Å². The Morgan fingerprint density at radius 3 is 2.67 bits per heavy atom. The number of amides is 2. The normalized spacial score (nSPS) is 15.4. The first kappa shape index (κ1) is 28.3. The molecule has 0 radical (unpaired) electrons. The molecule has 0 atom stereocenters. The van der Waals surface area contributed by atoms with Gasteiger partial charge in [0.2, 0.25) is 0 Å². The van der Waals surface area contributed by atoms with Crippen LogP contribution in [0.5, 0.6) is 0 Å². The molecule has 0 spiro atoms. The van der Waals surface area contributed by atoms with Crippen LogP contribution in [0.3, 0.4) is 0 Å². The van der Waals surface area contributed by atoms with Crippen LogP contribution in [0.4, 0.5) is 25.1 Å². The molecule has 9 nitrogen and oxygen atoms in total. The van der Waals surface area contributed by atoms with Gasteiger partial charge in [0.15, 0.2) is 5.82 Å². The summed E-state index contributed by atoms with van der Waals surface area (Å²) in [5.74, 6) is 0.715. The quantitative estimate of drug-likeness (QED) is 0.293. The summed E-state index contributed by atoms with van der Waals surface area (Å²) in [4.78, 5) is 16.4. The number of rotatable bonds is 8. The highest BCUT2D eigenvalue weighted by molar-refractivity contribution is 6.76. The molecule has 3 aromatic rings. The largest absolute Gasteiger partial charge is 0.360 e. The van der Waals surface area contributed by atoms with E-state index in [0.29, 0.717) is 56.3 Å². The van der Waals surface area contributed by atoms with Gasteiger partial charge >= 0.3 is 6.03 Å². The molecule has 4 heterocycles. The van der Waals surface area contributed by atoms with Gasteiger partial charge in [-0.15, -0.1) is 0 Å². The van der Waals surface area contributed by atoms with Crippen molar-refractivity contribution in [3.05, 3.63) is 46.9 Å². The molecule has 2 amide bonds. The number of ether oxygens (including phenoxy) is 1.